The van der Waals surface area contributed by atoms with Gasteiger partial charge in [0.2, 0.25) is 11.8 Å². The van der Waals surface area contributed by atoms with E-state index in [1.165, 1.54) is 16.7 Å². The minimum atomic E-state index is -0.430. The number of piperazine rings is 1. The third kappa shape index (κ3) is 4.73. The van der Waals surface area contributed by atoms with Crippen LogP contribution < -0.4 is 10.3 Å². The number of thioether (sulfide) groups is 1. The lowest BCUT2D eigenvalue weighted by Crippen LogP contribution is -2.59. The Hall–Kier alpha value is -3.44. The zero-order chi connectivity index (χ0) is 22.7. The van der Waals surface area contributed by atoms with Crippen LogP contribution in [0.1, 0.15) is 0 Å². The molecule has 0 bridgehead atoms. The number of carbonyl (C=O) groups excluding carboxylic acids is 3. The second-order valence-corrected chi connectivity index (χ2v) is 8.24. The second-order valence-electron chi connectivity index (χ2n) is 6.86. The zero-order valence-corrected chi connectivity index (χ0v) is 18.5. The summed E-state index contributed by atoms with van der Waals surface area (Å²) in [6, 6.07) is 10.3. The summed E-state index contributed by atoms with van der Waals surface area (Å²) in [6.45, 7) is -0.455. The maximum Gasteiger partial charge on any atom is 0.261 e. The first kappa shape index (κ1) is 21.8. The van der Waals surface area contributed by atoms with Crippen LogP contribution in [0.2, 0.25) is 5.02 Å². The Kier molecular flexibility index (Phi) is 6.37. The monoisotopic (exact) mass is 471 g/mol. The van der Waals surface area contributed by atoms with E-state index in [1.807, 2.05) is 12.1 Å². The molecule has 32 heavy (non-hydrogen) atoms. The minimum Gasteiger partial charge on any atom is -0.305 e. The number of carbonyl (C=O) groups is 3. The van der Waals surface area contributed by atoms with Crippen LogP contribution in [0.3, 0.4) is 0 Å². The van der Waals surface area contributed by atoms with Crippen molar-refractivity contribution >= 4 is 46.8 Å². The van der Waals surface area contributed by atoms with Crippen molar-refractivity contribution in [3.8, 4) is 11.4 Å². The molecule has 12 heteroatoms. The van der Waals surface area contributed by atoms with E-state index in [0.29, 0.717) is 21.7 Å². The van der Waals surface area contributed by atoms with Crippen molar-refractivity contribution in [2.24, 2.45) is 7.05 Å². The molecular weight excluding hydrogens is 454 g/mol. The number of hydrogen-bond donors (Lipinski definition) is 1. The molecule has 3 heterocycles. The van der Waals surface area contributed by atoms with Crippen LogP contribution in [0.15, 0.2) is 53.9 Å². The van der Waals surface area contributed by atoms with E-state index < -0.39 is 11.8 Å². The van der Waals surface area contributed by atoms with Crippen LogP contribution in [-0.2, 0) is 21.4 Å². The van der Waals surface area contributed by atoms with Gasteiger partial charge >= 0.3 is 0 Å². The number of nitrogens with one attached hydrogen (secondary N) is 1. The van der Waals surface area contributed by atoms with Crippen molar-refractivity contribution in [2.45, 2.75) is 5.16 Å². The van der Waals surface area contributed by atoms with Crippen molar-refractivity contribution in [1.29, 1.82) is 0 Å². The molecule has 1 aromatic carbocycles. The van der Waals surface area contributed by atoms with Crippen LogP contribution >= 0.6 is 23.4 Å². The molecule has 0 radical (unpaired) electrons. The number of halogens is 1. The van der Waals surface area contributed by atoms with Crippen molar-refractivity contribution in [3.63, 3.8) is 0 Å². The smallest absolute Gasteiger partial charge is 0.261 e. The van der Waals surface area contributed by atoms with E-state index in [2.05, 4.69) is 20.6 Å². The molecule has 1 aliphatic heterocycles. The maximum absolute atomic E-state index is 12.5. The standard InChI is InChI=1S/C20H18ClN7O3S/c1-26-19(13-5-7-22-8-6-13)23-24-20(26)32-12-16(29)25-28-11-17(30)27(10-18(28)31)15-4-2-3-14(21)9-15/h2-9H,10-12H2,1H3,(H,25,29). The first-order valence-corrected chi connectivity index (χ1v) is 10.9. The van der Waals surface area contributed by atoms with E-state index in [9.17, 15) is 14.4 Å². The van der Waals surface area contributed by atoms with E-state index >= 15 is 0 Å². The Morgan fingerprint density at radius 3 is 2.66 bits per heavy atom. The molecule has 0 atom stereocenters. The molecule has 10 nitrogen and oxygen atoms in total. The fraction of sp³-hybridized carbons (Fsp3) is 0.200. The van der Waals surface area contributed by atoms with Crippen molar-refractivity contribution in [3.05, 3.63) is 53.8 Å². The molecule has 4 rings (SSSR count). The SMILES string of the molecule is Cn1c(SCC(=O)NN2CC(=O)N(c3cccc(Cl)c3)CC2=O)nnc1-c1ccncc1. The van der Waals surface area contributed by atoms with Crippen LogP contribution in [-0.4, -0.2) is 61.3 Å². The van der Waals surface area contributed by atoms with Gasteiger partial charge in [0.05, 0.1) is 5.75 Å². The molecule has 2 aromatic heterocycles. The summed E-state index contributed by atoms with van der Waals surface area (Å²) in [6.07, 6.45) is 3.32. The summed E-state index contributed by atoms with van der Waals surface area (Å²) < 4.78 is 1.77. The van der Waals surface area contributed by atoms with Gasteiger partial charge < -0.3 is 9.47 Å². The summed E-state index contributed by atoms with van der Waals surface area (Å²) in [5.41, 5.74) is 3.88. The number of anilines is 1. The Labute approximate surface area is 192 Å². The summed E-state index contributed by atoms with van der Waals surface area (Å²) in [4.78, 5) is 42.7. The highest BCUT2D eigenvalue weighted by Crippen LogP contribution is 2.23. The number of nitrogens with zero attached hydrogens (tertiary/aromatic N) is 6. The molecule has 0 saturated carbocycles. The van der Waals surface area contributed by atoms with Gasteiger partial charge in [-0.25, -0.2) is 5.01 Å². The summed E-state index contributed by atoms with van der Waals surface area (Å²) in [7, 11) is 1.80. The van der Waals surface area contributed by atoms with E-state index in [1.54, 1.807) is 48.3 Å². The van der Waals surface area contributed by atoms with Gasteiger partial charge in [-0.2, -0.15) is 0 Å². The number of aromatic nitrogens is 4. The molecule has 164 valence electrons. The van der Waals surface area contributed by atoms with Gasteiger partial charge in [-0.05, 0) is 30.3 Å². The van der Waals surface area contributed by atoms with E-state index in [0.717, 1.165) is 10.6 Å². The molecule has 3 aromatic rings. The third-order valence-corrected chi connectivity index (χ3v) is 5.93. The summed E-state index contributed by atoms with van der Waals surface area (Å²) in [5.74, 6) is -0.510. The summed E-state index contributed by atoms with van der Waals surface area (Å²) in [5, 5.41) is 10.3. The molecule has 0 unspecified atom stereocenters. The predicted molar refractivity (Wildman–Crippen MR) is 119 cm³/mol. The molecule has 1 saturated heterocycles. The molecule has 0 aliphatic carbocycles. The quantitative estimate of drug-likeness (QED) is 0.542. The first-order chi connectivity index (χ1) is 15.4. The maximum atomic E-state index is 12.5. The van der Waals surface area contributed by atoms with Gasteiger partial charge in [-0.1, -0.05) is 29.4 Å². The third-order valence-electron chi connectivity index (χ3n) is 4.67. The van der Waals surface area contributed by atoms with Crippen LogP contribution in [0.5, 0.6) is 0 Å². The summed E-state index contributed by atoms with van der Waals surface area (Å²) >= 11 is 7.15. The highest BCUT2D eigenvalue weighted by Gasteiger charge is 2.32. The Balaban J connectivity index is 1.34. The van der Waals surface area contributed by atoms with Crippen LogP contribution in [0, 0.1) is 0 Å². The van der Waals surface area contributed by atoms with Gasteiger partial charge in [0.15, 0.2) is 11.0 Å². The number of hydrazine groups is 1. The average molecular weight is 472 g/mol. The van der Waals surface area contributed by atoms with Crippen molar-refractivity contribution in [2.75, 3.05) is 23.7 Å². The van der Waals surface area contributed by atoms with Gasteiger partial charge in [-0.15, -0.1) is 10.2 Å². The van der Waals surface area contributed by atoms with Gasteiger partial charge in [0.1, 0.15) is 13.1 Å². The lowest BCUT2D eigenvalue weighted by molar-refractivity contribution is -0.145. The lowest BCUT2D eigenvalue weighted by Gasteiger charge is -2.33. The average Bonchev–Trinajstić information content (AvgIpc) is 3.15. The largest absolute Gasteiger partial charge is 0.305 e. The van der Waals surface area contributed by atoms with Crippen molar-refractivity contribution < 1.29 is 14.4 Å². The number of rotatable bonds is 6. The highest BCUT2D eigenvalue weighted by molar-refractivity contribution is 7.99. The van der Waals surface area contributed by atoms with Crippen LogP contribution in [0.25, 0.3) is 11.4 Å². The topological polar surface area (TPSA) is 113 Å². The number of benzene rings is 1. The van der Waals surface area contributed by atoms with E-state index in [-0.39, 0.29) is 24.7 Å². The van der Waals surface area contributed by atoms with E-state index in [4.69, 9.17) is 11.6 Å². The molecular formula is C20H18ClN7O3S. The van der Waals surface area contributed by atoms with Gasteiger partial charge in [0.25, 0.3) is 5.91 Å². The number of amides is 3. The zero-order valence-electron chi connectivity index (χ0n) is 16.9. The minimum absolute atomic E-state index is 0.00169. The lowest BCUT2D eigenvalue weighted by atomic mass is 10.2. The van der Waals surface area contributed by atoms with Crippen molar-refractivity contribution in [1.82, 2.24) is 30.2 Å². The first-order valence-electron chi connectivity index (χ1n) is 9.51. The molecule has 3 amide bonds. The van der Waals surface area contributed by atoms with Crippen LogP contribution in [0.4, 0.5) is 5.69 Å². The molecule has 1 aliphatic rings. The highest BCUT2D eigenvalue weighted by atomic mass is 35.5. The van der Waals surface area contributed by atoms with Gasteiger partial charge in [-0.3, -0.25) is 24.8 Å². The number of hydrogen-bond acceptors (Lipinski definition) is 7. The fourth-order valence-electron chi connectivity index (χ4n) is 3.10. The number of pyridine rings is 1. The Morgan fingerprint density at radius 2 is 1.91 bits per heavy atom. The molecule has 0 spiro atoms. The predicted octanol–water partition coefficient (Wildman–Crippen LogP) is 1.53. The molecule has 1 fully saturated rings. The second kappa shape index (κ2) is 9.37. The Bertz CT molecular complexity index is 1170. The van der Waals surface area contributed by atoms with Gasteiger partial charge in [0, 0.05) is 35.7 Å². The Morgan fingerprint density at radius 1 is 1.12 bits per heavy atom. The molecule has 1 N–H and O–H groups in total. The fourth-order valence-corrected chi connectivity index (χ4v) is 3.99. The normalized spacial score (nSPS) is 14.1.